The van der Waals surface area contributed by atoms with E-state index in [4.69, 9.17) is 0 Å². The number of carboxylic acids is 1. The molecule has 1 aromatic rings. The van der Waals surface area contributed by atoms with E-state index in [1.165, 1.54) is 16.2 Å². The molecule has 2 amide bonds. The van der Waals surface area contributed by atoms with Crippen LogP contribution in [0, 0.1) is 11.8 Å². The highest BCUT2D eigenvalue weighted by Crippen LogP contribution is 2.32. The topological polar surface area (TPSA) is 82.5 Å². The van der Waals surface area contributed by atoms with Gasteiger partial charge in [-0.05, 0) is 24.5 Å². The highest BCUT2D eigenvalue weighted by atomic mass is 32.2. The van der Waals surface area contributed by atoms with Gasteiger partial charge in [0.1, 0.15) is 0 Å². The Hall–Kier alpha value is -1.28. The Morgan fingerprint density at radius 3 is 2.95 bits per heavy atom. The Balaban J connectivity index is 1.66. The number of carbonyl (C=O) groups excluding carboxylic acids is 1. The predicted octanol–water partition coefficient (Wildman–Crippen LogP) is 2.51. The van der Waals surface area contributed by atoms with Crippen molar-refractivity contribution in [1.82, 2.24) is 9.88 Å². The van der Waals surface area contributed by atoms with Gasteiger partial charge in [-0.25, -0.2) is 9.78 Å². The molecule has 0 bridgehead atoms. The zero-order valence-electron chi connectivity index (χ0n) is 12.4. The van der Waals surface area contributed by atoms with Gasteiger partial charge in [0.2, 0.25) is 0 Å². The number of thiazole rings is 1. The number of carbonyl (C=O) groups is 2. The Labute approximate surface area is 137 Å². The van der Waals surface area contributed by atoms with E-state index in [-0.39, 0.29) is 18.5 Å². The number of urea groups is 1. The Morgan fingerprint density at radius 2 is 2.23 bits per heavy atom. The fourth-order valence-corrected chi connectivity index (χ4v) is 5.06. The molecule has 1 fully saturated rings. The van der Waals surface area contributed by atoms with Crippen molar-refractivity contribution >= 4 is 40.2 Å². The second-order valence-corrected chi connectivity index (χ2v) is 8.09. The number of carboxylic acid groups (broad SMARTS) is 1. The summed E-state index contributed by atoms with van der Waals surface area (Å²) in [6.07, 6.45) is 1.58. The quantitative estimate of drug-likeness (QED) is 0.864. The molecule has 1 saturated heterocycles. The summed E-state index contributed by atoms with van der Waals surface area (Å²) in [6, 6.07) is -0.239. The van der Waals surface area contributed by atoms with Gasteiger partial charge in [0.05, 0.1) is 11.6 Å². The summed E-state index contributed by atoms with van der Waals surface area (Å²) < 4.78 is 0. The highest BCUT2D eigenvalue weighted by Gasteiger charge is 2.32. The summed E-state index contributed by atoms with van der Waals surface area (Å²) in [4.78, 5) is 30.9. The number of hydrogen-bond donors (Lipinski definition) is 2. The summed E-state index contributed by atoms with van der Waals surface area (Å²) in [7, 11) is 0. The number of hydrogen-bond acceptors (Lipinski definition) is 5. The fraction of sp³-hybridized carbons (Fsp3) is 0.643. The van der Waals surface area contributed by atoms with Crippen molar-refractivity contribution in [2.24, 2.45) is 11.8 Å². The van der Waals surface area contributed by atoms with Gasteiger partial charge in [-0.15, -0.1) is 11.3 Å². The van der Waals surface area contributed by atoms with Crippen LogP contribution in [-0.4, -0.2) is 45.8 Å². The lowest BCUT2D eigenvalue weighted by atomic mass is 9.91. The molecule has 120 valence electrons. The average molecular weight is 341 g/mol. The van der Waals surface area contributed by atoms with Crippen molar-refractivity contribution < 1.29 is 14.7 Å². The molecular formula is C14H19N3O3S2. The zero-order valence-corrected chi connectivity index (χ0v) is 14.0. The molecule has 0 aromatic carbocycles. The third kappa shape index (κ3) is 3.38. The number of amides is 2. The molecule has 0 saturated carbocycles. The number of likely N-dealkylation sites (tertiary alicyclic amines) is 1. The number of nitrogens with one attached hydrogen (secondary N) is 1. The minimum absolute atomic E-state index is 0.196. The van der Waals surface area contributed by atoms with Crippen molar-refractivity contribution in [2.45, 2.75) is 25.5 Å². The second kappa shape index (κ2) is 6.45. The number of rotatable bonds is 2. The third-order valence-electron chi connectivity index (χ3n) is 4.00. The number of aliphatic carboxylic acids is 1. The van der Waals surface area contributed by atoms with Crippen molar-refractivity contribution in [2.75, 3.05) is 24.2 Å². The van der Waals surface area contributed by atoms with Gasteiger partial charge in [-0.1, -0.05) is 6.92 Å². The minimum atomic E-state index is -0.828. The first-order valence-electron chi connectivity index (χ1n) is 7.38. The molecule has 0 radical (unpaired) electrons. The lowest BCUT2D eigenvalue weighted by Crippen LogP contribution is -2.47. The van der Waals surface area contributed by atoms with Crippen LogP contribution in [0.5, 0.6) is 0 Å². The van der Waals surface area contributed by atoms with Gasteiger partial charge in [0, 0.05) is 23.7 Å². The lowest BCUT2D eigenvalue weighted by molar-refractivity contribution is -0.143. The van der Waals surface area contributed by atoms with Crippen LogP contribution in [0.1, 0.15) is 23.9 Å². The molecule has 3 heterocycles. The summed E-state index contributed by atoms with van der Waals surface area (Å²) in [5.41, 5.74) is 1.09. The largest absolute Gasteiger partial charge is 0.481 e. The van der Waals surface area contributed by atoms with Gasteiger partial charge in [-0.3, -0.25) is 10.1 Å². The highest BCUT2D eigenvalue weighted by molar-refractivity contribution is 7.98. The van der Waals surface area contributed by atoms with E-state index in [0.29, 0.717) is 18.1 Å². The number of aromatic nitrogens is 1. The van der Waals surface area contributed by atoms with Crippen LogP contribution in [0.15, 0.2) is 0 Å². The molecule has 1 aromatic heterocycles. The van der Waals surface area contributed by atoms with Gasteiger partial charge in [-0.2, -0.15) is 11.8 Å². The molecule has 0 aliphatic carbocycles. The number of thioether (sulfide) groups is 1. The molecule has 22 heavy (non-hydrogen) atoms. The fourth-order valence-electron chi connectivity index (χ4n) is 2.95. The Kier molecular flexibility index (Phi) is 4.58. The average Bonchev–Trinajstić information content (AvgIpc) is 2.88. The van der Waals surface area contributed by atoms with Gasteiger partial charge >= 0.3 is 12.0 Å². The van der Waals surface area contributed by atoms with E-state index in [2.05, 4.69) is 10.3 Å². The van der Waals surface area contributed by atoms with Crippen LogP contribution in [0.4, 0.5) is 9.93 Å². The van der Waals surface area contributed by atoms with E-state index in [1.807, 2.05) is 18.7 Å². The number of fused-ring (bicyclic) bond motifs is 1. The molecule has 8 heteroatoms. The molecule has 6 nitrogen and oxygen atoms in total. The van der Waals surface area contributed by atoms with Crippen LogP contribution in [-0.2, 0) is 17.0 Å². The third-order valence-corrected chi connectivity index (χ3v) is 6.19. The normalized spacial score (nSPS) is 24.7. The second-order valence-electron chi connectivity index (χ2n) is 5.90. The van der Waals surface area contributed by atoms with Crippen molar-refractivity contribution in [3.05, 3.63) is 10.6 Å². The number of aryl methyl sites for hydroxylation is 1. The number of nitrogens with zero attached hydrogens (tertiary/aromatic N) is 2. The number of piperidine rings is 1. The van der Waals surface area contributed by atoms with Gasteiger partial charge in [0.25, 0.3) is 0 Å². The van der Waals surface area contributed by atoms with E-state index in [9.17, 15) is 14.7 Å². The maximum atomic E-state index is 12.4. The zero-order chi connectivity index (χ0) is 15.7. The van der Waals surface area contributed by atoms with E-state index in [1.54, 1.807) is 4.90 Å². The maximum Gasteiger partial charge on any atom is 0.323 e. The molecule has 3 rings (SSSR count). The molecule has 2 aliphatic heterocycles. The Morgan fingerprint density at radius 1 is 1.41 bits per heavy atom. The molecule has 2 unspecified atom stereocenters. The van der Waals surface area contributed by atoms with Crippen molar-refractivity contribution in [1.29, 1.82) is 0 Å². The van der Waals surface area contributed by atoms with Crippen LogP contribution in [0.25, 0.3) is 0 Å². The minimum Gasteiger partial charge on any atom is -0.481 e. The van der Waals surface area contributed by atoms with E-state index >= 15 is 0 Å². The van der Waals surface area contributed by atoms with Crippen molar-refractivity contribution in [3.8, 4) is 0 Å². The summed E-state index contributed by atoms with van der Waals surface area (Å²) >= 11 is 3.41. The number of anilines is 1. The van der Waals surface area contributed by atoms with Gasteiger partial charge < -0.3 is 10.0 Å². The molecule has 2 aliphatic rings. The summed E-state index contributed by atoms with van der Waals surface area (Å²) in [5.74, 6) is 0.932. The van der Waals surface area contributed by atoms with Crippen molar-refractivity contribution in [3.63, 3.8) is 0 Å². The predicted molar refractivity (Wildman–Crippen MR) is 87.5 cm³/mol. The molecular weight excluding hydrogens is 322 g/mol. The first kappa shape index (κ1) is 15.6. The summed E-state index contributed by atoms with van der Waals surface area (Å²) in [5, 5.41) is 12.7. The lowest BCUT2D eigenvalue weighted by Gasteiger charge is -2.34. The van der Waals surface area contributed by atoms with Crippen LogP contribution in [0.3, 0.4) is 0 Å². The van der Waals surface area contributed by atoms with Crippen LogP contribution < -0.4 is 5.32 Å². The monoisotopic (exact) mass is 341 g/mol. The molecule has 2 N–H and O–H groups in total. The SMILES string of the molecule is CC1CC(C(=O)O)CN(C(=O)Nc2nc3c(s2)CSCC3)C1. The molecule has 0 spiro atoms. The maximum absolute atomic E-state index is 12.4. The van der Waals surface area contributed by atoms with Crippen LogP contribution >= 0.6 is 23.1 Å². The van der Waals surface area contributed by atoms with E-state index in [0.717, 1.165) is 23.6 Å². The first-order chi connectivity index (χ1) is 10.5. The first-order valence-corrected chi connectivity index (χ1v) is 9.35. The molecule has 2 atom stereocenters. The standard InChI is InChI=1S/C14H19N3O3S2/c1-8-4-9(12(18)19)6-17(5-8)14(20)16-13-15-10-2-3-21-7-11(10)22-13/h8-9H,2-7H2,1H3,(H,18,19)(H,15,16,20). The van der Waals surface area contributed by atoms with Gasteiger partial charge in [0.15, 0.2) is 5.13 Å². The summed E-state index contributed by atoms with van der Waals surface area (Å²) in [6.45, 7) is 2.84. The smallest absolute Gasteiger partial charge is 0.323 e. The Bertz CT molecular complexity index is 566. The van der Waals surface area contributed by atoms with Crippen LogP contribution in [0.2, 0.25) is 0 Å². The van der Waals surface area contributed by atoms with E-state index < -0.39 is 11.9 Å².